The number of fused-ring (bicyclic) bond motifs is 1. The molecule has 0 saturated heterocycles. The molecule has 0 bridgehead atoms. The summed E-state index contributed by atoms with van der Waals surface area (Å²) in [4.78, 5) is 0. The number of hydrogen-bond acceptors (Lipinski definition) is 1. The van der Waals surface area contributed by atoms with Gasteiger partial charge in [0.15, 0.2) is 0 Å². The zero-order valence-electron chi connectivity index (χ0n) is 10.6. The number of likely N-dealkylation sites (N-methyl/N-ethyl adjacent to an activating group) is 1. The fourth-order valence-electron chi connectivity index (χ4n) is 2.62. The van der Waals surface area contributed by atoms with Gasteiger partial charge >= 0.3 is 0 Å². The van der Waals surface area contributed by atoms with Crippen LogP contribution < -0.4 is 5.32 Å². The van der Waals surface area contributed by atoms with Crippen LogP contribution in [0, 0.1) is 11.6 Å². The second-order valence-corrected chi connectivity index (χ2v) is 5.11. The molecule has 17 heavy (non-hydrogen) atoms. The first-order valence-electron chi connectivity index (χ1n) is 6.21. The van der Waals surface area contributed by atoms with Crippen LogP contribution in [-0.4, -0.2) is 13.1 Å². The van der Waals surface area contributed by atoms with Crippen molar-refractivity contribution in [1.29, 1.82) is 0 Å². The van der Waals surface area contributed by atoms with E-state index in [9.17, 15) is 8.78 Å². The highest BCUT2D eigenvalue weighted by atomic mass is 19.1. The van der Waals surface area contributed by atoms with Crippen LogP contribution in [-0.2, 0) is 12.8 Å². The molecule has 1 aliphatic rings. The maximum Gasteiger partial charge on any atom is 0.133 e. The van der Waals surface area contributed by atoms with Crippen molar-refractivity contribution < 1.29 is 8.78 Å². The van der Waals surface area contributed by atoms with Crippen molar-refractivity contribution in [2.75, 3.05) is 7.05 Å². The van der Waals surface area contributed by atoms with E-state index in [0.29, 0.717) is 18.0 Å². The molecule has 0 heterocycles. The quantitative estimate of drug-likeness (QED) is 0.836. The third-order valence-corrected chi connectivity index (χ3v) is 3.65. The lowest BCUT2D eigenvalue weighted by Gasteiger charge is -2.26. The van der Waals surface area contributed by atoms with E-state index in [-0.39, 0.29) is 23.1 Å². The first kappa shape index (κ1) is 12.5. The topological polar surface area (TPSA) is 12.0 Å². The van der Waals surface area contributed by atoms with Crippen LogP contribution in [0.1, 0.15) is 42.9 Å². The zero-order valence-corrected chi connectivity index (χ0v) is 10.6. The number of hydrogen-bond donors (Lipinski definition) is 1. The van der Waals surface area contributed by atoms with Gasteiger partial charge in [0, 0.05) is 11.6 Å². The van der Waals surface area contributed by atoms with Crippen molar-refractivity contribution in [3.8, 4) is 0 Å². The Hall–Kier alpha value is -0.960. The molecule has 0 fully saturated rings. The maximum absolute atomic E-state index is 14.3. The molecule has 0 radical (unpaired) electrons. The summed E-state index contributed by atoms with van der Waals surface area (Å²) in [5, 5.41) is 3.17. The van der Waals surface area contributed by atoms with Crippen LogP contribution in [0.2, 0.25) is 0 Å². The summed E-state index contributed by atoms with van der Waals surface area (Å²) in [6.07, 6.45) is 2.37. The average molecular weight is 239 g/mol. The van der Waals surface area contributed by atoms with E-state index < -0.39 is 0 Å². The lowest BCUT2D eigenvalue weighted by Crippen LogP contribution is -2.32. The number of halogens is 2. The molecule has 94 valence electrons. The second-order valence-electron chi connectivity index (χ2n) is 5.11. The highest BCUT2D eigenvalue weighted by molar-refractivity contribution is 5.38. The van der Waals surface area contributed by atoms with Crippen molar-refractivity contribution >= 4 is 0 Å². The second kappa shape index (κ2) is 4.73. The Bertz CT molecular complexity index is 427. The van der Waals surface area contributed by atoms with Gasteiger partial charge in [0.2, 0.25) is 0 Å². The number of rotatable bonds is 2. The smallest absolute Gasteiger partial charge is 0.133 e. The van der Waals surface area contributed by atoms with E-state index in [0.717, 1.165) is 18.4 Å². The van der Waals surface area contributed by atoms with E-state index in [1.165, 1.54) is 6.07 Å². The van der Waals surface area contributed by atoms with Crippen LogP contribution in [0.5, 0.6) is 0 Å². The summed E-state index contributed by atoms with van der Waals surface area (Å²) < 4.78 is 28.1. The Morgan fingerprint density at radius 1 is 1.35 bits per heavy atom. The van der Waals surface area contributed by atoms with E-state index >= 15 is 0 Å². The van der Waals surface area contributed by atoms with Gasteiger partial charge in [0.25, 0.3) is 0 Å². The zero-order chi connectivity index (χ0) is 12.6. The van der Waals surface area contributed by atoms with Crippen LogP contribution in [0.3, 0.4) is 0 Å². The Balaban J connectivity index is 2.49. The third-order valence-electron chi connectivity index (χ3n) is 3.65. The molecule has 0 saturated carbocycles. The van der Waals surface area contributed by atoms with Crippen LogP contribution >= 0.6 is 0 Å². The standard InChI is InChI=1S/C14H19F2N/c1-8(2)13-12(15)6-9-4-5-10(17-3)7-11(9)14(13)16/h6,8,10,17H,4-5,7H2,1-3H3. The molecule has 2 rings (SSSR count). The Morgan fingerprint density at radius 3 is 2.65 bits per heavy atom. The Labute approximate surface area is 101 Å². The summed E-state index contributed by atoms with van der Waals surface area (Å²) in [5.41, 5.74) is 1.79. The third kappa shape index (κ3) is 2.21. The normalized spacial score (nSPS) is 19.5. The highest BCUT2D eigenvalue weighted by Crippen LogP contribution is 2.31. The lowest BCUT2D eigenvalue weighted by molar-refractivity contribution is 0.461. The van der Waals surface area contributed by atoms with E-state index in [1.54, 1.807) is 0 Å². The van der Waals surface area contributed by atoms with Crippen molar-refractivity contribution in [3.05, 3.63) is 34.4 Å². The summed E-state index contributed by atoms with van der Waals surface area (Å²) in [6.45, 7) is 3.65. The Morgan fingerprint density at radius 2 is 2.06 bits per heavy atom. The van der Waals surface area contributed by atoms with Crippen molar-refractivity contribution in [1.82, 2.24) is 5.32 Å². The van der Waals surface area contributed by atoms with Gasteiger partial charge in [0.05, 0.1) is 0 Å². The van der Waals surface area contributed by atoms with Crippen LogP contribution in [0.25, 0.3) is 0 Å². The molecule has 1 N–H and O–H groups in total. The summed E-state index contributed by atoms with van der Waals surface area (Å²) >= 11 is 0. The highest BCUT2D eigenvalue weighted by Gasteiger charge is 2.25. The number of benzene rings is 1. The first-order valence-corrected chi connectivity index (χ1v) is 6.21. The summed E-state index contributed by atoms with van der Waals surface area (Å²) in [6, 6.07) is 1.84. The molecule has 1 aliphatic carbocycles. The average Bonchev–Trinajstić information content (AvgIpc) is 2.28. The fourth-order valence-corrected chi connectivity index (χ4v) is 2.62. The summed E-state index contributed by atoms with van der Waals surface area (Å²) in [5.74, 6) is -0.829. The van der Waals surface area contributed by atoms with Crippen molar-refractivity contribution in [2.24, 2.45) is 0 Å². The van der Waals surface area contributed by atoms with Crippen LogP contribution in [0.4, 0.5) is 8.78 Å². The van der Waals surface area contributed by atoms with E-state index in [2.05, 4.69) is 5.32 Å². The predicted octanol–water partition coefficient (Wildman–Crippen LogP) is 3.16. The molecule has 0 amide bonds. The molecule has 0 aromatic heterocycles. The molecule has 1 atom stereocenters. The molecule has 1 aromatic carbocycles. The summed E-state index contributed by atoms with van der Waals surface area (Å²) in [7, 11) is 1.89. The minimum absolute atomic E-state index is 0.115. The molecule has 1 unspecified atom stereocenters. The SMILES string of the molecule is CNC1CCc2cc(F)c(C(C)C)c(F)c2C1. The predicted molar refractivity (Wildman–Crippen MR) is 65.3 cm³/mol. The minimum atomic E-state index is -0.390. The van der Waals surface area contributed by atoms with Crippen molar-refractivity contribution in [2.45, 2.75) is 45.1 Å². The first-order chi connectivity index (χ1) is 8.04. The largest absolute Gasteiger partial charge is 0.317 e. The van der Waals surface area contributed by atoms with Gasteiger partial charge in [-0.2, -0.15) is 0 Å². The van der Waals surface area contributed by atoms with Gasteiger partial charge in [-0.15, -0.1) is 0 Å². The molecule has 3 heteroatoms. The number of nitrogens with one attached hydrogen (secondary N) is 1. The number of aryl methyl sites for hydroxylation is 1. The Kier molecular flexibility index (Phi) is 3.48. The van der Waals surface area contributed by atoms with E-state index in [1.807, 2.05) is 20.9 Å². The molecular formula is C14H19F2N. The monoisotopic (exact) mass is 239 g/mol. The molecule has 0 spiro atoms. The molecule has 1 aromatic rings. The maximum atomic E-state index is 14.3. The van der Waals surface area contributed by atoms with Gasteiger partial charge in [-0.3, -0.25) is 0 Å². The van der Waals surface area contributed by atoms with Gasteiger partial charge in [-0.05, 0) is 49.4 Å². The molecule has 1 nitrogen and oxygen atoms in total. The van der Waals surface area contributed by atoms with Crippen LogP contribution in [0.15, 0.2) is 6.07 Å². The van der Waals surface area contributed by atoms with Gasteiger partial charge in [-0.1, -0.05) is 13.8 Å². The fraction of sp³-hybridized carbons (Fsp3) is 0.571. The molecular weight excluding hydrogens is 220 g/mol. The van der Waals surface area contributed by atoms with Gasteiger partial charge in [-0.25, -0.2) is 8.78 Å². The lowest BCUT2D eigenvalue weighted by atomic mass is 9.85. The van der Waals surface area contributed by atoms with Crippen molar-refractivity contribution in [3.63, 3.8) is 0 Å². The molecule has 0 aliphatic heterocycles. The minimum Gasteiger partial charge on any atom is -0.317 e. The van der Waals surface area contributed by atoms with Gasteiger partial charge < -0.3 is 5.32 Å². The van der Waals surface area contributed by atoms with Gasteiger partial charge in [0.1, 0.15) is 11.6 Å². The van der Waals surface area contributed by atoms with E-state index in [4.69, 9.17) is 0 Å².